The summed E-state index contributed by atoms with van der Waals surface area (Å²) in [6, 6.07) is 20.7. The van der Waals surface area contributed by atoms with Gasteiger partial charge in [-0.15, -0.1) is 5.10 Å². The molecule has 0 atom stereocenters. The Morgan fingerprint density at radius 2 is 1.66 bits per heavy atom. The van der Waals surface area contributed by atoms with Gasteiger partial charge >= 0.3 is 0 Å². The summed E-state index contributed by atoms with van der Waals surface area (Å²) in [4.78, 5) is 12.1. The molecule has 198 valence electrons. The molecule has 0 saturated carbocycles. The molecule has 38 heavy (non-hydrogen) atoms. The van der Waals surface area contributed by atoms with Crippen molar-refractivity contribution in [3.05, 3.63) is 66.9 Å². The van der Waals surface area contributed by atoms with Crippen molar-refractivity contribution in [2.45, 2.75) is 12.8 Å². The average molecular weight is 512 g/mol. The van der Waals surface area contributed by atoms with Crippen LogP contribution in [-0.2, 0) is 0 Å². The number of rotatable bonds is 7. The van der Waals surface area contributed by atoms with Crippen LogP contribution in [0.25, 0.3) is 16.8 Å². The fraction of sp³-hybridized carbons (Fsp3) is 0.400. The van der Waals surface area contributed by atoms with Crippen molar-refractivity contribution in [2.24, 2.45) is 5.92 Å². The van der Waals surface area contributed by atoms with E-state index in [2.05, 4.69) is 62.4 Å². The summed E-state index contributed by atoms with van der Waals surface area (Å²) < 4.78 is 7.48. The summed E-state index contributed by atoms with van der Waals surface area (Å²) in [6.07, 6.45) is 4.38. The van der Waals surface area contributed by atoms with Gasteiger partial charge in [-0.1, -0.05) is 12.1 Å². The first-order chi connectivity index (χ1) is 18.7. The highest BCUT2D eigenvalue weighted by Gasteiger charge is 2.23. The number of anilines is 3. The number of likely N-dealkylation sites (N-methyl/N-ethyl adjacent to an activating group) is 1. The first kappa shape index (κ1) is 24.7. The number of piperazine rings is 1. The summed E-state index contributed by atoms with van der Waals surface area (Å²) >= 11 is 0. The third kappa shape index (κ3) is 5.33. The monoisotopic (exact) mass is 511 g/mol. The van der Waals surface area contributed by atoms with Gasteiger partial charge in [-0.2, -0.15) is 0 Å². The lowest BCUT2D eigenvalue weighted by molar-refractivity contribution is 0.129. The van der Waals surface area contributed by atoms with Crippen LogP contribution in [0.2, 0.25) is 0 Å². The second kappa shape index (κ2) is 11.0. The summed E-state index contributed by atoms with van der Waals surface area (Å²) in [5.41, 5.74) is 5.16. The molecule has 2 aromatic carbocycles. The number of fused-ring (bicyclic) bond motifs is 1. The maximum absolute atomic E-state index is 5.57. The largest absolute Gasteiger partial charge is 0.496 e. The van der Waals surface area contributed by atoms with Crippen molar-refractivity contribution in [3.8, 4) is 17.0 Å². The number of ether oxygens (including phenoxy) is 1. The van der Waals surface area contributed by atoms with Crippen molar-refractivity contribution >= 4 is 22.8 Å². The number of piperidine rings is 1. The number of hydrogen-bond donors (Lipinski definition) is 1. The Balaban J connectivity index is 1.09. The van der Waals surface area contributed by atoms with E-state index in [1.54, 1.807) is 7.11 Å². The van der Waals surface area contributed by atoms with Gasteiger partial charge in [0.25, 0.3) is 0 Å². The van der Waals surface area contributed by atoms with E-state index in [1.165, 1.54) is 51.3 Å². The van der Waals surface area contributed by atoms with Crippen LogP contribution in [-0.4, -0.2) is 84.4 Å². The molecule has 0 unspecified atom stereocenters. The van der Waals surface area contributed by atoms with Crippen LogP contribution in [0.1, 0.15) is 12.8 Å². The van der Waals surface area contributed by atoms with Crippen LogP contribution in [0, 0.1) is 5.92 Å². The Labute approximate surface area is 224 Å². The molecule has 0 radical (unpaired) electrons. The summed E-state index contributed by atoms with van der Waals surface area (Å²) in [6.45, 7) is 8.35. The molecule has 8 heteroatoms. The van der Waals surface area contributed by atoms with Crippen LogP contribution in [0.5, 0.6) is 5.75 Å². The zero-order valence-electron chi connectivity index (χ0n) is 22.4. The summed E-state index contributed by atoms with van der Waals surface area (Å²) in [5, 5.41) is 8.15. The Kier molecular flexibility index (Phi) is 7.16. The van der Waals surface area contributed by atoms with Crippen molar-refractivity contribution in [2.75, 3.05) is 70.2 Å². The number of aromatic nitrogens is 3. The minimum Gasteiger partial charge on any atom is -0.496 e. The topological polar surface area (TPSA) is 61.2 Å². The second-order valence-electron chi connectivity index (χ2n) is 10.5. The van der Waals surface area contributed by atoms with Gasteiger partial charge in [-0.05, 0) is 74.3 Å². The molecular weight excluding hydrogens is 474 g/mol. The van der Waals surface area contributed by atoms with Gasteiger partial charge in [0.1, 0.15) is 5.75 Å². The van der Waals surface area contributed by atoms with Gasteiger partial charge in [0.05, 0.1) is 24.5 Å². The number of hydrogen-bond acceptors (Lipinski definition) is 7. The molecule has 4 heterocycles. The van der Waals surface area contributed by atoms with Gasteiger partial charge in [0.15, 0.2) is 0 Å². The Bertz CT molecular complexity index is 1350. The van der Waals surface area contributed by atoms with Crippen molar-refractivity contribution < 1.29 is 4.74 Å². The zero-order chi connectivity index (χ0) is 25.9. The summed E-state index contributed by atoms with van der Waals surface area (Å²) in [5.74, 6) is 2.19. The molecule has 6 rings (SSSR count). The van der Waals surface area contributed by atoms with Crippen molar-refractivity contribution in [3.63, 3.8) is 0 Å². The minimum atomic E-state index is 0.558. The molecule has 2 aromatic heterocycles. The molecular formula is C30H37N7O. The van der Waals surface area contributed by atoms with E-state index in [1.807, 2.05) is 41.0 Å². The minimum absolute atomic E-state index is 0.558. The molecule has 4 aromatic rings. The number of benzene rings is 2. The molecule has 0 aliphatic carbocycles. The molecule has 2 fully saturated rings. The van der Waals surface area contributed by atoms with Crippen molar-refractivity contribution in [1.29, 1.82) is 0 Å². The molecule has 2 aliphatic rings. The number of nitrogens with zero attached hydrogens (tertiary/aromatic N) is 6. The predicted molar refractivity (Wildman–Crippen MR) is 154 cm³/mol. The lowest BCUT2D eigenvalue weighted by Crippen LogP contribution is -2.47. The van der Waals surface area contributed by atoms with E-state index in [-0.39, 0.29) is 0 Å². The van der Waals surface area contributed by atoms with Crippen LogP contribution < -0.4 is 15.0 Å². The molecule has 0 spiro atoms. The molecule has 0 bridgehead atoms. The molecule has 0 amide bonds. The Morgan fingerprint density at radius 1 is 0.895 bits per heavy atom. The van der Waals surface area contributed by atoms with E-state index in [0.717, 1.165) is 47.2 Å². The van der Waals surface area contributed by atoms with Crippen LogP contribution in [0.4, 0.5) is 17.3 Å². The smallest absolute Gasteiger partial charge is 0.245 e. The molecule has 2 aliphatic heterocycles. The van der Waals surface area contributed by atoms with E-state index >= 15 is 0 Å². The SMILES string of the molecule is COc1ccccc1-c1ccc2cnc(Nc3ccc(N4CCC(CN5CCN(C)CC5)CC4)cc3)nn12. The number of para-hydroxylation sites is 1. The Morgan fingerprint density at radius 3 is 2.42 bits per heavy atom. The summed E-state index contributed by atoms with van der Waals surface area (Å²) in [7, 11) is 3.92. The van der Waals surface area contributed by atoms with Gasteiger partial charge < -0.3 is 24.8 Å². The van der Waals surface area contributed by atoms with E-state index < -0.39 is 0 Å². The first-order valence-corrected chi connectivity index (χ1v) is 13.7. The molecule has 2 saturated heterocycles. The van der Waals surface area contributed by atoms with Gasteiger partial charge in [-0.3, -0.25) is 0 Å². The molecule has 1 N–H and O–H groups in total. The third-order valence-corrected chi connectivity index (χ3v) is 8.00. The predicted octanol–water partition coefficient (Wildman–Crippen LogP) is 4.61. The number of nitrogens with one attached hydrogen (secondary N) is 1. The van der Waals surface area contributed by atoms with Gasteiger partial charge in [-0.25, -0.2) is 9.50 Å². The standard InChI is InChI=1S/C30H37N7O/c1-34-17-19-35(20-18-34)22-23-13-15-36(16-14-23)25-9-7-24(8-10-25)32-30-31-21-26-11-12-28(37(26)33-30)27-5-3-4-6-29(27)38-2/h3-12,21,23H,13-20,22H2,1-2H3,(H,32,33). The second-order valence-corrected chi connectivity index (χ2v) is 10.5. The fourth-order valence-electron chi connectivity index (χ4n) is 5.67. The lowest BCUT2D eigenvalue weighted by atomic mass is 9.95. The van der Waals surface area contributed by atoms with Gasteiger partial charge in [0.2, 0.25) is 5.95 Å². The molecule has 8 nitrogen and oxygen atoms in total. The average Bonchev–Trinajstić information content (AvgIpc) is 3.38. The van der Waals surface area contributed by atoms with E-state index in [0.29, 0.717) is 5.95 Å². The highest BCUT2D eigenvalue weighted by molar-refractivity contribution is 5.72. The zero-order valence-corrected chi connectivity index (χ0v) is 22.4. The first-order valence-electron chi connectivity index (χ1n) is 13.7. The van der Waals surface area contributed by atoms with Crippen molar-refractivity contribution in [1.82, 2.24) is 24.4 Å². The highest BCUT2D eigenvalue weighted by atomic mass is 16.5. The Hall–Kier alpha value is -3.62. The highest BCUT2D eigenvalue weighted by Crippen LogP contribution is 2.31. The van der Waals surface area contributed by atoms with E-state index in [9.17, 15) is 0 Å². The van der Waals surface area contributed by atoms with Crippen LogP contribution in [0.3, 0.4) is 0 Å². The maximum Gasteiger partial charge on any atom is 0.245 e. The van der Waals surface area contributed by atoms with E-state index in [4.69, 9.17) is 9.84 Å². The quantitative estimate of drug-likeness (QED) is 0.389. The number of methoxy groups -OCH3 is 1. The third-order valence-electron chi connectivity index (χ3n) is 8.00. The van der Waals surface area contributed by atoms with Crippen LogP contribution in [0.15, 0.2) is 66.9 Å². The maximum atomic E-state index is 5.57. The normalized spacial score (nSPS) is 17.7. The van der Waals surface area contributed by atoms with Crippen LogP contribution >= 0.6 is 0 Å². The lowest BCUT2D eigenvalue weighted by Gasteiger charge is -2.38. The fourth-order valence-corrected chi connectivity index (χ4v) is 5.67. The van der Waals surface area contributed by atoms with Gasteiger partial charge in [0, 0.05) is 62.8 Å².